The summed E-state index contributed by atoms with van der Waals surface area (Å²) in [6.07, 6.45) is 6.48. The van der Waals surface area contributed by atoms with E-state index in [1.165, 1.54) is 35.0 Å². The number of nitrogens with zero attached hydrogens (tertiary/aromatic N) is 3. The third-order valence-electron chi connectivity index (χ3n) is 6.51. The average molecular weight is 485 g/mol. The van der Waals surface area contributed by atoms with Crippen molar-refractivity contribution in [2.75, 3.05) is 32.3 Å². The molecular formula is C24H28N4O3S2. The molecule has 1 amide bonds. The van der Waals surface area contributed by atoms with E-state index in [4.69, 9.17) is 20.2 Å². The minimum atomic E-state index is 0.0374. The Morgan fingerprint density at radius 1 is 1.18 bits per heavy atom. The minimum absolute atomic E-state index is 0.0374. The van der Waals surface area contributed by atoms with Gasteiger partial charge in [-0.3, -0.25) is 4.79 Å². The largest absolute Gasteiger partial charge is 0.493 e. The lowest BCUT2D eigenvalue weighted by Crippen LogP contribution is -2.32. The van der Waals surface area contributed by atoms with Crippen molar-refractivity contribution < 1.29 is 14.3 Å². The van der Waals surface area contributed by atoms with Gasteiger partial charge in [-0.2, -0.15) is 0 Å². The average Bonchev–Trinajstić information content (AvgIpc) is 3.47. The monoisotopic (exact) mass is 484 g/mol. The summed E-state index contributed by atoms with van der Waals surface area (Å²) in [7, 11) is 3.25. The van der Waals surface area contributed by atoms with Crippen molar-refractivity contribution in [3.05, 3.63) is 34.2 Å². The molecule has 9 heteroatoms. The Bertz CT molecular complexity index is 1200. The maximum absolute atomic E-state index is 13.2. The lowest BCUT2D eigenvalue weighted by Gasteiger charge is -2.25. The van der Waals surface area contributed by atoms with E-state index in [0.717, 1.165) is 48.0 Å². The molecule has 1 aliphatic carbocycles. The van der Waals surface area contributed by atoms with Crippen LogP contribution < -0.4 is 15.2 Å². The van der Waals surface area contributed by atoms with Gasteiger partial charge in [0, 0.05) is 11.4 Å². The quantitative estimate of drug-likeness (QED) is 0.403. The van der Waals surface area contributed by atoms with Crippen molar-refractivity contribution in [3.63, 3.8) is 0 Å². The first-order chi connectivity index (χ1) is 16.1. The van der Waals surface area contributed by atoms with Crippen LogP contribution in [0.25, 0.3) is 10.2 Å². The number of carbonyl (C=O) groups is 1. The highest BCUT2D eigenvalue weighted by Gasteiger charge is 2.31. The van der Waals surface area contributed by atoms with Crippen LogP contribution in [0.4, 0.5) is 5.82 Å². The number of hydrogen-bond acceptors (Lipinski definition) is 8. The Hall–Kier alpha value is -2.52. The van der Waals surface area contributed by atoms with Crippen molar-refractivity contribution in [2.24, 2.45) is 0 Å². The molecule has 1 unspecified atom stereocenters. The summed E-state index contributed by atoms with van der Waals surface area (Å²) in [6.45, 7) is 0.748. The van der Waals surface area contributed by atoms with Gasteiger partial charge in [0.15, 0.2) is 16.7 Å². The number of hydrogen-bond donors (Lipinski definition) is 1. The number of methoxy groups -OCH3 is 2. The third kappa shape index (κ3) is 4.24. The standard InChI is InChI=1S/C24H28N4O3S2/c1-30-17-10-9-14(12-18(17)31-2)16-7-5-11-28(16)20(29)13-32-24-26-22(25)21-15-6-3-4-8-19(15)33-23(21)27-24/h9-10,12,16H,3-8,11,13H2,1-2H3,(H2,25,26,27). The van der Waals surface area contributed by atoms with Crippen molar-refractivity contribution >= 4 is 45.0 Å². The maximum atomic E-state index is 13.2. The van der Waals surface area contributed by atoms with Gasteiger partial charge in [-0.25, -0.2) is 9.97 Å². The van der Waals surface area contributed by atoms with E-state index in [1.807, 2.05) is 23.1 Å². The summed E-state index contributed by atoms with van der Waals surface area (Å²) in [4.78, 5) is 26.7. The normalized spacial score (nSPS) is 17.9. The number of ether oxygens (including phenoxy) is 2. The zero-order valence-corrected chi connectivity index (χ0v) is 20.6. The van der Waals surface area contributed by atoms with E-state index >= 15 is 0 Å². The summed E-state index contributed by atoms with van der Waals surface area (Å²) >= 11 is 3.10. The smallest absolute Gasteiger partial charge is 0.233 e. The first-order valence-electron chi connectivity index (χ1n) is 11.3. The number of nitrogen functional groups attached to an aromatic ring is 1. The second-order valence-electron chi connectivity index (χ2n) is 8.43. The van der Waals surface area contributed by atoms with E-state index in [0.29, 0.717) is 28.2 Å². The highest BCUT2D eigenvalue weighted by Crippen LogP contribution is 2.39. The van der Waals surface area contributed by atoms with Crippen LogP contribution in [-0.4, -0.2) is 47.3 Å². The number of fused-ring (bicyclic) bond motifs is 3. The summed E-state index contributed by atoms with van der Waals surface area (Å²) < 4.78 is 10.8. The molecule has 7 nitrogen and oxygen atoms in total. The van der Waals surface area contributed by atoms with Crippen LogP contribution in [0.3, 0.4) is 0 Å². The first-order valence-corrected chi connectivity index (χ1v) is 13.1. The Kier molecular flexibility index (Phi) is 6.34. The van der Waals surface area contributed by atoms with Crippen molar-refractivity contribution in [2.45, 2.75) is 49.7 Å². The van der Waals surface area contributed by atoms with Crippen LogP contribution in [0.5, 0.6) is 11.5 Å². The Balaban J connectivity index is 1.31. The van der Waals surface area contributed by atoms with Crippen LogP contribution in [0.2, 0.25) is 0 Å². The molecule has 3 aromatic rings. The van der Waals surface area contributed by atoms with Gasteiger partial charge in [-0.1, -0.05) is 17.8 Å². The molecule has 0 radical (unpaired) electrons. The van der Waals surface area contributed by atoms with E-state index in [1.54, 1.807) is 25.6 Å². The number of nitrogens with two attached hydrogens (primary N) is 1. The molecule has 1 saturated heterocycles. The van der Waals surface area contributed by atoms with E-state index in [2.05, 4.69) is 4.98 Å². The second-order valence-corrected chi connectivity index (χ2v) is 10.5. The number of likely N-dealkylation sites (tertiary alicyclic amines) is 1. The molecule has 2 aliphatic rings. The molecule has 2 aromatic heterocycles. The molecule has 3 heterocycles. The SMILES string of the molecule is COc1ccc(C2CCCN2C(=O)CSc2nc(N)c3c4c(sc3n2)CCCC4)cc1OC. The Morgan fingerprint density at radius 3 is 2.82 bits per heavy atom. The zero-order valence-electron chi connectivity index (χ0n) is 18.9. The predicted octanol–water partition coefficient (Wildman–Crippen LogP) is 4.63. The van der Waals surface area contributed by atoms with Gasteiger partial charge in [-0.05, 0) is 61.8 Å². The summed E-state index contributed by atoms with van der Waals surface area (Å²) in [5.41, 5.74) is 8.73. The molecule has 1 aromatic carbocycles. The second kappa shape index (κ2) is 9.38. The van der Waals surface area contributed by atoms with Gasteiger partial charge >= 0.3 is 0 Å². The van der Waals surface area contributed by atoms with Gasteiger partial charge in [-0.15, -0.1) is 11.3 Å². The predicted molar refractivity (Wildman–Crippen MR) is 132 cm³/mol. The number of thiophene rings is 1. The highest BCUT2D eigenvalue weighted by molar-refractivity contribution is 7.99. The lowest BCUT2D eigenvalue weighted by molar-refractivity contribution is -0.129. The highest BCUT2D eigenvalue weighted by atomic mass is 32.2. The molecule has 5 rings (SSSR count). The fraction of sp³-hybridized carbons (Fsp3) is 0.458. The van der Waals surface area contributed by atoms with Crippen LogP contribution in [0.1, 0.15) is 47.7 Å². The summed E-state index contributed by atoms with van der Waals surface area (Å²) in [5, 5.41) is 1.60. The van der Waals surface area contributed by atoms with Crippen molar-refractivity contribution in [3.8, 4) is 11.5 Å². The van der Waals surface area contributed by atoms with Crippen molar-refractivity contribution in [1.82, 2.24) is 14.9 Å². The summed E-state index contributed by atoms with van der Waals surface area (Å²) in [6, 6.07) is 5.92. The zero-order chi connectivity index (χ0) is 22.9. The number of aromatic nitrogens is 2. The topological polar surface area (TPSA) is 90.6 Å². The minimum Gasteiger partial charge on any atom is -0.493 e. The van der Waals surface area contributed by atoms with E-state index in [9.17, 15) is 4.79 Å². The van der Waals surface area contributed by atoms with Gasteiger partial charge in [0.2, 0.25) is 5.91 Å². The lowest BCUT2D eigenvalue weighted by atomic mass is 9.97. The van der Waals surface area contributed by atoms with Crippen LogP contribution in [0, 0.1) is 0 Å². The fourth-order valence-corrected chi connectivity index (χ4v) is 6.97. The maximum Gasteiger partial charge on any atom is 0.233 e. The van der Waals surface area contributed by atoms with Gasteiger partial charge in [0.25, 0.3) is 0 Å². The number of anilines is 1. The third-order valence-corrected chi connectivity index (χ3v) is 8.53. The number of aryl methyl sites for hydroxylation is 2. The van der Waals surface area contributed by atoms with Gasteiger partial charge in [0.1, 0.15) is 10.6 Å². The Labute approximate surface area is 201 Å². The van der Waals surface area contributed by atoms with Crippen LogP contribution in [-0.2, 0) is 17.6 Å². The Morgan fingerprint density at radius 2 is 2.00 bits per heavy atom. The number of amides is 1. The molecule has 0 spiro atoms. The van der Waals surface area contributed by atoms with Crippen molar-refractivity contribution in [1.29, 1.82) is 0 Å². The van der Waals surface area contributed by atoms with Gasteiger partial charge < -0.3 is 20.1 Å². The molecule has 2 N–H and O–H groups in total. The van der Waals surface area contributed by atoms with Gasteiger partial charge in [0.05, 0.1) is 31.4 Å². The summed E-state index contributed by atoms with van der Waals surface area (Å²) in [5.74, 6) is 2.29. The number of carbonyl (C=O) groups excluding carboxylic acids is 1. The molecule has 1 aliphatic heterocycles. The van der Waals surface area contributed by atoms with Crippen LogP contribution >= 0.6 is 23.1 Å². The molecule has 1 fully saturated rings. The number of thioether (sulfide) groups is 1. The van der Waals surface area contributed by atoms with E-state index in [-0.39, 0.29) is 11.9 Å². The molecule has 33 heavy (non-hydrogen) atoms. The van der Waals surface area contributed by atoms with E-state index < -0.39 is 0 Å². The molecule has 0 bridgehead atoms. The number of benzene rings is 1. The molecule has 1 atom stereocenters. The van der Waals surface area contributed by atoms with Crippen LogP contribution in [0.15, 0.2) is 23.4 Å². The number of rotatable bonds is 6. The molecular weight excluding hydrogens is 456 g/mol. The molecule has 0 saturated carbocycles. The fourth-order valence-electron chi connectivity index (χ4n) is 4.91. The molecule has 174 valence electrons. The first kappa shape index (κ1) is 22.3.